The topological polar surface area (TPSA) is 85.2 Å². The largest absolute Gasteiger partial charge is 0.416 e. The number of aryl methyl sites for hydroxylation is 3. The van der Waals surface area contributed by atoms with Crippen LogP contribution in [0.15, 0.2) is 54.9 Å². The summed E-state index contributed by atoms with van der Waals surface area (Å²) in [5, 5.41) is 7.98. The molecule has 0 spiro atoms. The molecule has 5 rings (SSSR count). The third-order valence-electron chi connectivity index (χ3n) is 7.22. The Bertz CT molecular complexity index is 1600. The van der Waals surface area contributed by atoms with E-state index in [4.69, 9.17) is 4.74 Å². The number of hydrogen-bond acceptors (Lipinski definition) is 7. The molecule has 4 aromatic rings. The minimum Gasteiger partial charge on any atom is -0.375 e. The minimum absolute atomic E-state index is 0.0262. The van der Waals surface area contributed by atoms with Gasteiger partial charge in [0.15, 0.2) is 11.6 Å². The van der Waals surface area contributed by atoms with Gasteiger partial charge in [0.05, 0.1) is 24.0 Å². The molecule has 0 amide bonds. The second-order valence-corrected chi connectivity index (χ2v) is 10.6. The average Bonchev–Trinajstić information content (AvgIpc) is 3.33. The normalized spacial score (nSPS) is 15.6. The summed E-state index contributed by atoms with van der Waals surface area (Å²) in [6.07, 6.45) is -2.49. The van der Waals surface area contributed by atoms with E-state index >= 15 is 0 Å². The molecule has 0 radical (unpaired) electrons. The highest BCUT2D eigenvalue weighted by Crippen LogP contribution is 2.34. The zero-order valence-electron chi connectivity index (χ0n) is 24.0. The number of carbonyl (C=O) groups excluding carboxylic acids is 1. The first-order chi connectivity index (χ1) is 20.0. The SMILES string of the molecule is CCc1cc(-n2nc(C)cc2Nc2cc(CC(=O)c3cc(N4CCO[C@H](C)C4)cc(C(F)(F)F)c3)ccc2C)ncn1. The van der Waals surface area contributed by atoms with E-state index in [-0.39, 0.29) is 18.1 Å². The minimum atomic E-state index is -4.58. The number of morpholine rings is 1. The molecule has 0 aliphatic carbocycles. The number of hydrogen-bond donors (Lipinski definition) is 1. The quantitative estimate of drug-likeness (QED) is 0.247. The van der Waals surface area contributed by atoms with Crippen LogP contribution in [0.2, 0.25) is 0 Å². The van der Waals surface area contributed by atoms with Gasteiger partial charge in [0, 0.05) is 54.3 Å². The van der Waals surface area contributed by atoms with Crippen molar-refractivity contribution in [2.24, 2.45) is 0 Å². The zero-order valence-corrected chi connectivity index (χ0v) is 24.0. The van der Waals surface area contributed by atoms with Gasteiger partial charge in [-0.25, -0.2) is 9.97 Å². The van der Waals surface area contributed by atoms with Crippen LogP contribution in [0.25, 0.3) is 5.82 Å². The van der Waals surface area contributed by atoms with Crippen molar-refractivity contribution in [3.63, 3.8) is 0 Å². The van der Waals surface area contributed by atoms with Gasteiger partial charge >= 0.3 is 6.18 Å². The molecule has 1 aliphatic rings. The van der Waals surface area contributed by atoms with E-state index in [1.165, 1.54) is 6.33 Å². The summed E-state index contributed by atoms with van der Waals surface area (Å²) in [6, 6.07) is 12.9. The van der Waals surface area contributed by atoms with Gasteiger partial charge in [0.25, 0.3) is 0 Å². The first-order valence-corrected chi connectivity index (χ1v) is 13.9. The highest BCUT2D eigenvalue weighted by molar-refractivity contribution is 5.98. The van der Waals surface area contributed by atoms with Crippen molar-refractivity contribution >= 4 is 23.0 Å². The van der Waals surface area contributed by atoms with Crippen molar-refractivity contribution in [1.29, 1.82) is 0 Å². The van der Waals surface area contributed by atoms with E-state index in [1.807, 2.05) is 62.9 Å². The van der Waals surface area contributed by atoms with Crippen molar-refractivity contribution in [3.05, 3.63) is 88.5 Å². The second kappa shape index (κ2) is 11.9. The number of Topliss-reactive ketones (excluding diaryl/α,β-unsaturated/α-hetero) is 1. The zero-order chi connectivity index (χ0) is 30.0. The van der Waals surface area contributed by atoms with E-state index in [2.05, 4.69) is 20.4 Å². The van der Waals surface area contributed by atoms with Crippen LogP contribution in [0, 0.1) is 13.8 Å². The summed E-state index contributed by atoms with van der Waals surface area (Å²) in [5.41, 5.74) is 3.57. The van der Waals surface area contributed by atoms with Crippen molar-refractivity contribution in [2.45, 2.75) is 52.8 Å². The molecule has 2 aromatic carbocycles. The highest BCUT2D eigenvalue weighted by atomic mass is 19.4. The van der Waals surface area contributed by atoms with E-state index < -0.39 is 17.5 Å². The fourth-order valence-corrected chi connectivity index (χ4v) is 4.97. The molecular weight excluding hydrogens is 545 g/mol. The fraction of sp³-hybridized carbons (Fsp3) is 0.355. The summed E-state index contributed by atoms with van der Waals surface area (Å²) < 4.78 is 48.7. The van der Waals surface area contributed by atoms with Gasteiger partial charge in [-0.15, -0.1) is 0 Å². The highest BCUT2D eigenvalue weighted by Gasteiger charge is 2.33. The molecule has 1 atom stereocenters. The van der Waals surface area contributed by atoms with E-state index in [0.29, 0.717) is 42.6 Å². The number of anilines is 3. The Kier molecular flexibility index (Phi) is 8.31. The van der Waals surface area contributed by atoms with Crippen LogP contribution in [0.4, 0.5) is 30.4 Å². The molecule has 220 valence electrons. The predicted molar refractivity (Wildman–Crippen MR) is 155 cm³/mol. The number of ether oxygens (including phenoxy) is 1. The van der Waals surface area contributed by atoms with Crippen LogP contribution >= 0.6 is 0 Å². The van der Waals surface area contributed by atoms with Gasteiger partial charge in [-0.2, -0.15) is 23.0 Å². The van der Waals surface area contributed by atoms with Crippen LogP contribution in [0.5, 0.6) is 0 Å². The lowest BCUT2D eigenvalue weighted by molar-refractivity contribution is -0.137. The van der Waals surface area contributed by atoms with Crippen LogP contribution < -0.4 is 10.2 Å². The van der Waals surface area contributed by atoms with Crippen molar-refractivity contribution < 1.29 is 22.7 Å². The molecule has 2 aromatic heterocycles. The van der Waals surface area contributed by atoms with Gasteiger partial charge < -0.3 is 15.0 Å². The van der Waals surface area contributed by atoms with Crippen LogP contribution in [0.3, 0.4) is 0 Å². The first kappa shape index (κ1) is 29.2. The molecule has 0 bridgehead atoms. The molecule has 42 heavy (non-hydrogen) atoms. The molecule has 1 aliphatic heterocycles. The maximum atomic E-state index is 13.8. The molecule has 1 fully saturated rings. The number of benzene rings is 2. The lowest BCUT2D eigenvalue weighted by Gasteiger charge is -2.33. The van der Waals surface area contributed by atoms with Crippen molar-refractivity contribution in [1.82, 2.24) is 19.7 Å². The standard InChI is InChI=1S/C31H33F3N6O2/c1-5-25-16-29(36-18-35-25)40-30(10-20(3)38-40)37-27-11-22(7-6-19(27)2)12-28(41)23-13-24(31(32,33)34)15-26(14-23)39-8-9-42-21(4)17-39/h6-7,10-11,13-16,18,21,37H,5,8-9,12,17H2,1-4H3/t21-/m1/s1. The predicted octanol–water partition coefficient (Wildman–Crippen LogP) is 6.25. The lowest BCUT2D eigenvalue weighted by Crippen LogP contribution is -2.41. The Morgan fingerprint density at radius 1 is 1.10 bits per heavy atom. The average molecular weight is 579 g/mol. The number of ketones is 1. The summed E-state index contributed by atoms with van der Waals surface area (Å²) in [4.78, 5) is 23.9. The van der Waals surface area contributed by atoms with Crippen LogP contribution in [0.1, 0.15) is 52.3 Å². The summed E-state index contributed by atoms with van der Waals surface area (Å²) >= 11 is 0. The molecular formula is C31H33F3N6O2. The van der Waals surface area contributed by atoms with Crippen molar-refractivity contribution in [3.8, 4) is 5.82 Å². The number of nitrogens with zero attached hydrogens (tertiary/aromatic N) is 5. The number of alkyl halides is 3. The number of rotatable bonds is 8. The molecule has 1 saturated heterocycles. The summed E-state index contributed by atoms with van der Waals surface area (Å²) in [6.45, 7) is 9.02. The first-order valence-electron chi connectivity index (χ1n) is 13.9. The van der Waals surface area contributed by atoms with Gasteiger partial charge in [0.1, 0.15) is 12.1 Å². The Balaban J connectivity index is 1.41. The third-order valence-corrected chi connectivity index (χ3v) is 7.22. The van der Waals surface area contributed by atoms with Gasteiger partial charge in [-0.05, 0) is 62.6 Å². The van der Waals surface area contributed by atoms with Gasteiger partial charge in [-0.1, -0.05) is 19.1 Å². The monoisotopic (exact) mass is 578 g/mol. The third kappa shape index (κ3) is 6.62. The number of halogens is 3. The molecule has 0 saturated carbocycles. The van der Waals surface area contributed by atoms with Crippen LogP contribution in [-0.4, -0.2) is 51.3 Å². The fourth-order valence-electron chi connectivity index (χ4n) is 4.97. The Morgan fingerprint density at radius 3 is 2.64 bits per heavy atom. The lowest BCUT2D eigenvalue weighted by atomic mass is 9.98. The maximum absolute atomic E-state index is 13.8. The van der Waals surface area contributed by atoms with Gasteiger partial charge in [-0.3, -0.25) is 4.79 Å². The van der Waals surface area contributed by atoms with E-state index in [1.54, 1.807) is 10.7 Å². The molecule has 0 unspecified atom stereocenters. The van der Waals surface area contributed by atoms with Crippen molar-refractivity contribution in [2.75, 3.05) is 29.9 Å². The van der Waals surface area contributed by atoms with E-state index in [0.717, 1.165) is 41.2 Å². The molecule has 11 heteroatoms. The second-order valence-electron chi connectivity index (χ2n) is 10.6. The summed E-state index contributed by atoms with van der Waals surface area (Å²) in [7, 11) is 0. The smallest absolute Gasteiger partial charge is 0.375 e. The maximum Gasteiger partial charge on any atom is 0.416 e. The Labute approximate surface area is 242 Å². The molecule has 1 N–H and O–H groups in total. The Hall–Kier alpha value is -4.25. The molecule has 3 heterocycles. The molecule has 8 nitrogen and oxygen atoms in total. The van der Waals surface area contributed by atoms with Gasteiger partial charge in [0.2, 0.25) is 0 Å². The number of carbonyl (C=O) groups is 1. The van der Waals surface area contributed by atoms with Crippen LogP contribution in [-0.2, 0) is 23.8 Å². The summed E-state index contributed by atoms with van der Waals surface area (Å²) in [5.74, 6) is 0.908. The Morgan fingerprint density at radius 2 is 1.90 bits per heavy atom. The van der Waals surface area contributed by atoms with E-state index in [9.17, 15) is 18.0 Å². The number of aromatic nitrogens is 4. The number of nitrogens with one attached hydrogen (secondary N) is 1.